The van der Waals surface area contributed by atoms with Crippen LogP contribution in [-0.2, 0) is 14.9 Å². The smallest absolute Gasteiger partial charge is 0.230 e. The topological polar surface area (TPSA) is 50.4 Å². The number of aryl methyl sites for hydroxylation is 1. The lowest BCUT2D eigenvalue weighted by atomic mass is 9.73. The second-order valence-corrected chi connectivity index (χ2v) is 6.56. The van der Waals surface area contributed by atoms with Gasteiger partial charge in [0.2, 0.25) is 5.91 Å². The van der Waals surface area contributed by atoms with Gasteiger partial charge in [-0.3, -0.25) is 4.79 Å². The van der Waals surface area contributed by atoms with Crippen LogP contribution >= 0.6 is 0 Å². The molecule has 2 N–H and O–H groups in total. The number of rotatable bonds is 4. The highest BCUT2D eigenvalue weighted by Crippen LogP contribution is 2.35. The fourth-order valence-corrected chi connectivity index (χ4v) is 3.56. The highest BCUT2D eigenvalue weighted by Gasteiger charge is 2.41. The Morgan fingerprint density at radius 1 is 1.32 bits per heavy atom. The van der Waals surface area contributed by atoms with Crippen molar-refractivity contribution in [3.05, 3.63) is 35.4 Å². The highest BCUT2D eigenvalue weighted by molar-refractivity contribution is 5.88. The van der Waals surface area contributed by atoms with E-state index in [1.807, 2.05) is 0 Å². The van der Waals surface area contributed by atoms with Crippen molar-refractivity contribution in [2.45, 2.75) is 44.1 Å². The Bertz CT molecular complexity index is 500. The molecule has 0 spiro atoms. The van der Waals surface area contributed by atoms with Crippen LogP contribution in [0.1, 0.15) is 36.8 Å². The summed E-state index contributed by atoms with van der Waals surface area (Å²) in [5.74, 6) is 0.161. The van der Waals surface area contributed by atoms with E-state index in [0.29, 0.717) is 19.3 Å². The molecule has 2 aliphatic heterocycles. The molecule has 4 nitrogen and oxygen atoms in total. The zero-order chi connectivity index (χ0) is 15.4. The predicted molar refractivity (Wildman–Crippen MR) is 86.9 cm³/mol. The fourth-order valence-electron chi connectivity index (χ4n) is 3.56. The van der Waals surface area contributed by atoms with Crippen LogP contribution in [0.25, 0.3) is 0 Å². The molecule has 0 radical (unpaired) electrons. The summed E-state index contributed by atoms with van der Waals surface area (Å²) in [6.45, 7) is 5.18. The monoisotopic (exact) mass is 302 g/mol. The molecule has 1 amide bonds. The number of hydrogen-bond donors (Lipinski definition) is 2. The van der Waals surface area contributed by atoms with Gasteiger partial charge in [0.1, 0.15) is 0 Å². The third kappa shape index (κ3) is 3.18. The summed E-state index contributed by atoms with van der Waals surface area (Å²) in [6.07, 6.45) is 3.89. The second-order valence-electron chi connectivity index (χ2n) is 6.56. The van der Waals surface area contributed by atoms with Crippen LogP contribution in [0.3, 0.4) is 0 Å². The minimum Gasteiger partial charge on any atom is -0.381 e. The summed E-state index contributed by atoms with van der Waals surface area (Å²) in [7, 11) is 0. The molecule has 0 saturated carbocycles. The van der Waals surface area contributed by atoms with E-state index >= 15 is 0 Å². The maximum Gasteiger partial charge on any atom is 0.230 e. The van der Waals surface area contributed by atoms with Crippen molar-refractivity contribution in [1.82, 2.24) is 10.6 Å². The molecular formula is C18H26N2O2. The maximum absolute atomic E-state index is 13.0. The molecule has 1 unspecified atom stereocenters. The minimum absolute atomic E-state index is 0.161. The Morgan fingerprint density at radius 2 is 2.05 bits per heavy atom. The number of amides is 1. The van der Waals surface area contributed by atoms with Crippen LogP contribution < -0.4 is 10.6 Å². The van der Waals surface area contributed by atoms with Gasteiger partial charge < -0.3 is 15.4 Å². The third-order valence-corrected chi connectivity index (χ3v) is 5.06. The van der Waals surface area contributed by atoms with Gasteiger partial charge in [-0.2, -0.15) is 0 Å². The molecule has 0 bridgehead atoms. The number of carbonyl (C=O) groups is 1. The van der Waals surface area contributed by atoms with Crippen molar-refractivity contribution in [2.75, 3.05) is 26.3 Å². The molecule has 2 heterocycles. The van der Waals surface area contributed by atoms with Crippen LogP contribution in [0.5, 0.6) is 0 Å². The first kappa shape index (κ1) is 15.5. The van der Waals surface area contributed by atoms with Crippen molar-refractivity contribution < 1.29 is 9.53 Å². The summed E-state index contributed by atoms with van der Waals surface area (Å²) in [5, 5.41) is 6.63. The van der Waals surface area contributed by atoms with Crippen molar-refractivity contribution in [1.29, 1.82) is 0 Å². The summed E-state index contributed by atoms with van der Waals surface area (Å²) in [5.41, 5.74) is 1.92. The standard InChI is InChI=1S/C18H26N2O2/c1-14-4-6-15(7-5-14)18(8-11-22-12-9-18)17(21)20-13-16-3-2-10-19-16/h4-7,16,19H,2-3,8-13H2,1H3,(H,20,21). The first-order valence-electron chi connectivity index (χ1n) is 8.37. The number of carbonyl (C=O) groups excluding carboxylic acids is 1. The van der Waals surface area contributed by atoms with E-state index < -0.39 is 5.41 Å². The van der Waals surface area contributed by atoms with Crippen LogP contribution in [0.4, 0.5) is 0 Å². The van der Waals surface area contributed by atoms with E-state index in [4.69, 9.17) is 4.74 Å². The van der Waals surface area contributed by atoms with Crippen molar-refractivity contribution >= 4 is 5.91 Å². The second kappa shape index (κ2) is 6.80. The van der Waals surface area contributed by atoms with Gasteiger partial charge in [-0.25, -0.2) is 0 Å². The van der Waals surface area contributed by atoms with Crippen molar-refractivity contribution in [3.8, 4) is 0 Å². The normalized spacial score (nSPS) is 24.1. The summed E-state index contributed by atoms with van der Waals surface area (Å²) < 4.78 is 5.51. The molecule has 22 heavy (non-hydrogen) atoms. The van der Waals surface area contributed by atoms with Gasteiger partial charge in [-0.1, -0.05) is 29.8 Å². The van der Waals surface area contributed by atoms with Crippen LogP contribution in [0.2, 0.25) is 0 Å². The quantitative estimate of drug-likeness (QED) is 0.893. The zero-order valence-electron chi connectivity index (χ0n) is 13.4. The largest absolute Gasteiger partial charge is 0.381 e. The van der Waals surface area contributed by atoms with Crippen molar-refractivity contribution in [3.63, 3.8) is 0 Å². The molecule has 3 rings (SSSR count). The molecule has 0 aromatic heterocycles. The highest BCUT2D eigenvalue weighted by atomic mass is 16.5. The maximum atomic E-state index is 13.0. The van der Waals surface area contributed by atoms with Gasteiger partial charge in [-0.15, -0.1) is 0 Å². The van der Waals surface area contributed by atoms with Crippen LogP contribution in [0.15, 0.2) is 24.3 Å². The molecule has 1 aromatic rings. The lowest BCUT2D eigenvalue weighted by Crippen LogP contribution is -2.50. The summed E-state index contributed by atoms with van der Waals surface area (Å²) >= 11 is 0. The molecule has 1 aromatic carbocycles. The summed E-state index contributed by atoms with van der Waals surface area (Å²) in [4.78, 5) is 13.0. The van der Waals surface area contributed by atoms with Gasteiger partial charge in [-0.05, 0) is 44.7 Å². The molecule has 4 heteroatoms. The number of benzene rings is 1. The third-order valence-electron chi connectivity index (χ3n) is 5.06. The van der Waals surface area contributed by atoms with E-state index in [1.54, 1.807) is 0 Å². The van der Waals surface area contributed by atoms with Gasteiger partial charge in [0.15, 0.2) is 0 Å². The first-order chi connectivity index (χ1) is 10.7. The first-order valence-corrected chi connectivity index (χ1v) is 8.37. The molecule has 0 aliphatic carbocycles. The van der Waals surface area contributed by atoms with Gasteiger partial charge in [0, 0.05) is 25.8 Å². The number of ether oxygens (including phenoxy) is 1. The predicted octanol–water partition coefficient (Wildman–Crippen LogP) is 1.91. The fraction of sp³-hybridized carbons (Fsp3) is 0.611. The average Bonchev–Trinajstić information content (AvgIpc) is 3.07. The average molecular weight is 302 g/mol. The Labute approximate surface area is 132 Å². The lowest BCUT2D eigenvalue weighted by Gasteiger charge is -2.36. The van der Waals surface area contributed by atoms with Crippen LogP contribution in [0, 0.1) is 6.92 Å². The molecular weight excluding hydrogens is 276 g/mol. The Hall–Kier alpha value is -1.39. The van der Waals surface area contributed by atoms with Crippen LogP contribution in [-0.4, -0.2) is 38.3 Å². The minimum atomic E-state index is -0.426. The Morgan fingerprint density at radius 3 is 2.68 bits per heavy atom. The lowest BCUT2D eigenvalue weighted by molar-refractivity contribution is -0.130. The van der Waals surface area contributed by atoms with Gasteiger partial charge >= 0.3 is 0 Å². The van der Waals surface area contributed by atoms with Crippen molar-refractivity contribution in [2.24, 2.45) is 0 Å². The molecule has 1 atom stereocenters. The Balaban J connectivity index is 1.75. The van der Waals surface area contributed by atoms with E-state index in [1.165, 1.54) is 12.0 Å². The van der Waals surface area contributed by atoms with Gasteiger partial charge in [0.05, 0.1) is 5.41 Å². The summed E-state index contributed by atoms with van der Waals surface area (Å²) in [6, 6.07) is 8.83. The van der Waals surface area contributed by atoms with E-state index in [2.05, 4.69) is 41.8 Å². The van der Waals surface area contributed by atoms with Gasteiger partial charge in [0.25, 0.3) is 0 Å². The molecule has 2 aliphatic rings. The van der Waals surface area contributed by atoms with E-state index in [-0.39, 0.29) is 5.91 Å². The van der Waals surface area contributed by atoms with E-state index in [0.717, 1.165) is 37.9 Å². The van der Waals surface area contributed by atoms with E-state index in [9.17, 15) is 4.79 Å². The molecule has 120 valence electrons. The molecule has 2 saturated heterocycles. The SMILES string of the molecule is Cc1ccc(C2(C(=O)NCC3CCCN3)CCOCC2)cc1. The zero-order valence-corrected chi connectivity index (χ0v) is 13.4. The molecule has 2 fully saturated rings. The number of nitrogens with one attached hydrogen (secondary N) is 2. The Kier molecular flexibility index (Phi) is 4.79. The number of hydrogen-bond acceptors (Lipinski definition) is 3.